The van der Waals surface area contributed by atoms with Gasteiger partial charge in [0.15, 0.2) is 94.3 Å². The Hall–Kier alpha value is -7.91. The number of amides is 3. The van der Waals surface area contributed by atoms with Gasteiger partial charge >= 0.3 is 5.97 Å². The highest BCUT2D eigenvalue weighted by atomic mass is 127. The second kappa shape index (κ2) is 31.6. The molecule has 9 heterocycles. The Morgan fingerprint density at radius 2 is 0.967 bits per heavy atom. The molecule has 0 unspecified atom stereocenters. The quantitative estimate of drug-likeness (QED) is 0.0336. The van der Waals surface area contributed by atoms with E-state index in [1.54, 1.807) is 106 Å². The summed E-state index contributed by atoms with van der Waals surface area (Å²) < 4.78 is 90.7. The first-order valence-electron chi connectivity index (χ1n) is 27.1. The van der Waals surface area contributed by atoms with Crippen LogP contribution in [0.5, 0.6) is 0 Å². The number of carboxylic acids is 1. The summed E-state index contributed by atoms with van der Waals surface area (Å²) in [6.07, 6.45) is -2.28. The van der Waals surface area contributed by atoms with Crippen LogP contribution in [0.15, 0.2) is 141 Å². The highest BCUT2D eigenvalue weighted by Gasteiger charge is 2.50. The average Bonchev–Trinajstić information content (AvgIpc) is 1.68. The van der Waals surface area contributed by atoms with Crippen LogP contribution < -0.4 is 16.0 Å². The van der Waals surface area contributed by atoms with E-state index in [9.17, 15) is 42.2 Å². The summed E-state index contributed by atoms with van der Waals surface area (Å²) in [5, 5.41) is 35.2. The summed E-state index contributed by atoms with van der Waals surface area (Å²) in [5.41, 5.74) is 3.01. The molecule has 2 fully saturated rings. The Morgan fingerprint density at radius 3 is 1.29 bits per heavy atom. The van der Waals surface area contributed by atoms with Crippen LogP contribution in [0, 0.1) is 0 Å². The summed E-state index contributed by atoms with van der Waals surface area (Å²) >= 11 is 11.5. The van der Waals surface area contributed by atoms with E-state index in [0.717, 1.165) is 10.9 Å². The second-order valence-corrected chi connectivity index (χ2v) is 29.7. The minimum atomic E-state index is -2.44. The standard InChI is InChI=1S/C19H20FIN5O4P.C17H14FN5O5.C16H12FN5O2.C3H9O2P.CH2Cl2/c1-31(2,28)10-29-19-13(21)12(20)18(30-19)26-9-24-14-15(22-8-23-16(14)26)25-17(27)11-6-4-3-5-7-11;18-9-11(24)12(17(26)27)28-16(9)23-7-21-10-13(19-6-20-14(10)23)22-15(25)8-4-2-1-3-5-8;17-11-6-7-24-16(11)22-9-20-12-13(18-8-19-14(12)22)21-15(23)10-4-2-1-3-5-10;1-6(2,5)3-4;2-1-3/h3-9,12-13,18-19H,10H2,1-2H3,(H,22,23,25,27);1-7,9,11-12,16,24H,(H,26,27)(H,19,20,22,25);1-9,11,16H,(H,18,19,21,23);4H,3H2,1-2H3;1H2/t12-,13-,18+,19-;9-,11-,12-,16+;11-,16+;;/m000../s1. The number of alkyl halides is 6. The molecule has 0 aliphatic carbocycles. The van der Waals surface area contributed by atoms with Gasteiger partial charge in [-0.25, -0.2) is 62.8 Å². The second-order valence-electron chi connectivity index (χ2n) is 20.6. The van der Waals surface area contributed by atoms with Gasteiger partial charge < -0.3 is 59.3 Å². The van der Waals surface area contributed by atoms with Crippen LogP contribution in [0.1, 0.15) is 49.8 Å². The fourth-order valence-electron chi connectivity index (χ4n) is 8.55. The number of nitrogens with zero attached hydrogens (tertiary/aromatic N) is 12. The Balaban J connectivity index is 0.000000167. The van der Waals surface area contributed by atoms with E-state index in [-0.39, 0.29) is 58.5 Å². The summed E-state index contributed by atoms with van der Waals surface area (Å²) in [6.45, 7) is 6.29. The maximum Gasteiger partial charge on any atom is 0.335 e. The lowest BCUT2D eigenvalue weighted by Gasteiger charge is -2.17. The summed E-state index contributed by atoms with van der Waals surface area (Å²) in [7, 11) is -4.53. The first-order valence-corrected chi connectivity index (χ1v) is 35.0. The van der Waals surface area contributed by atoms with Gasteiger partial charge in [-0.3, -0.25) is 28.1 Å². The van der Waals surface area contributed by atoms with Crippen LogP contribution in [0.25, 0.3) is 33.5 Å². The average molecular weight is 1460 g/mol. The van der Waals surface area contributed by atoms with Crippen molar-refractivity contribution < 1.29 is 75.7 Å². The molecule has 6 aromatic heterocycles. The zero-order valence-corrected chi connectivity index (χ0v) is 54.1. The molecule has 486 valence electrons. The molecule has 3 aromatic carbocycles. The van der Waals surface area contributed by atoms with Crippen molar-refractivity contribution in [3.05, 3.63) is 158 Å². The summed E-state index contributed by atoms with van der Waals surface area (Å²) in [4.78, 5) is 85.2. The van der Waals surface area contributed by atoms with Crippen molar-refractivity contribution in [2.45, 2.75) is 59.6 Å². The number of carboxylic acid groups (broad SMARTS) is 1. The van der Waals surface area contributed by atoms with Crippen LogP contribution in [0.2, 0.25) is 0 Å². The van der Waals surface area contributed by atoms with Crippen molar-refractivity contribution in [2.75, 3.05) is 60.6 Å². The molecule has 12 rings (SSSR count). The van der Waals surface area contributed by atoms with E-state index in [1.165, 1.54) is 53.1 Å². The molecule has 0 radical (unpaired) electrons. The fourth-order valence-corrected chi connectivity index (χ4v) is 9.79. The van der Waals surface area contributed by atoms with Gasteiger partial charge in [0, 0.05) is 16.7 Å². The number of halogens is 6. The Kier molecular flexibility index (Phi) is 24.0. The van der Waals surface area contributed by atoms with Crippen LogP contribution in [-0.2, 0) is 32.9 Å². The third-order valence-electron chi connectivity index (χ3n) is 12.9. The number of aliphatic hydroxyl groups excluding tert-OH is 2. The first-order chi connectivity index (χ1) is 43.9. The van der Waals surface area contributed by atoms with Crippen molar-refractivity contribution >= 4 is 135 Å². The molecule has 3 amide bonds. The van der Waals surface area contributed by atoms with Gasteiger partial charge in [-0.15, -0.1) is 23.2 Å². The number of hydrogen-bond acceptors (Lipinski definition) is 21. The molecule has 10 atom stereocenters. The SMILES string of the molecule is CP(C)(=O)CO.CP(C)(=O)CO[C@H]1O[C@@H](n2cnc3c(NC(=O)c4ccccc4)ncnc32)[C@@H](F)[C@@H]1I.ClCCl.O=C(Nc1ncnc2c1ncn2[C@@H]1OC=C[C@@H]1F)c1ccccc1.O=C(Nc1ncnc2c1ncn2[C@@H]1O[C@H](C(=O)O)[C@@H](O)[C@@H]1F)c1ccccc1. The third kappa shape index (κ3) is 17.4. The van der Waals surface area contributed by atoms with Crippen molar-refractivity contribution in [1.82, 2.24) is 58.6 Å². The molecule has 2 saturated heterocycles. The molecule has 92 heavy (non-hydrogen) atoms. The molecule has 0 saturated carbocycles. The van der Waals surface area contributed by atoms with E-state index in [4.69, 9.17) is 52.4 Å². The largest absolute Gasteiger partial charge is 0.479 e. The maximum atomic E-state index is 15.0. The normalized spacial score (nSPS) is 21.5. The van der Waals surface area contributed by atoms with E-state index >= 15 is 4.39 Å². The molecule has 3 aliphatic heterocycles. The first kappa shape index (κ1) is 70.0. The maximum absolute atomic E-state index is 15.0. The highest BCUT2D eigenvalue weighted by molar-refractivity contribution is 14.1. The number of imidazole rings is 3. The molecule has 28 nitrogen and oxygen atoms in total. The van der Waals surface area contributed by atoms with Crippen molar-refractivity contribution in [3.8, 4) is 0 Å². The molecule has 0 spiro atoms. The zero-order chi connectivity index (χ0) is 66.4. The lowest BCUT2D eigenvalue weighted by atomic mass is 10.1. The zero-order valence-electron chi connectivity index (χ0n) is 48.6. The minimum Gasteiger partial charge on any atom is -0.479 e. The Labute approximate surface area is 544 Å². The number of hydrogen-bond donors (Lipinski definition) is 6. The molecule has 3 aliphatic rings. The lowest BCUT2D eigenvalue weighted by Crippen LogP contribution is -2.34. The Morgan fingerprint density at radius 1 is 0.598 bits per heavy atom. The van der Waals surface area contributed by atoms with Crippen LogP contribution >= 0.6 is 60.1 Å². The van der Waals surface area contributed by atoms with Gasteiger partial charge in [0.2, 0.25) is 6.23 Å². The molecular formula is C56H57Cl2F3IN15O13P2. The van der Waals surface area contributed by atoms with Gasteiger partial charge in [0.1, 0.15) is 52.0 Å². The van der Waals surface area contributed by atoms with Crippen LogP contribution in [0.3, 0.4) is 0 Å². The number of ether oxygens (including phenoxy) is 4. The number of carbonyl (C=O) groups excluding carboxylic acids is 3. The van der Waals surface area contributed by atoms with Crippen LogP contribution in [0.4, 0.5) is 30.6 Å². The number of nitrogens with one attached hydrogen (secondary N) is 3. The molecule has 0 bridgehead atoms. The number of anilines is 3. The predicted octanol–water partition coefficient (Wildman–Crippen LogP) is 8.87. The predicted molar refractivity (Wildman–Crippen MR) is 341 cm³/mol. The molecule has 6 N–H and O–H groups in total. The van der Waals surface area contributed by atoms with Gasteiger partial charge in [0.25, 0.3) is 17.7 Å². The van der Waals surface area contributed by atoms with E-state index < -0.39 is 85.8 Å². The van der Waals surface area contributed by atoms with E-state index in [0.29, 0.717) is 39.0 Å². The summed E-state index contributed by atoms with van der Waals surface area (Å²) in [5.74, 6) is -1.99. The number of aromatic nitrogens is 12. The Bertz CT molecular complexity index is 4150. The van der Waals surface area contributed by atoms with Crippen LogP contribution in [-0.4, -0.2) is 183 Å². The van der Waals surface area contributed by atoms with Gasteiger partial charge in [-0.05, 0) is 69.1 Å². The number of fused-ring (bicyclic) bond motifs is 3. The number of aliphatic carboxylic acids is 1. The minimum absolute atomic E-state index is 0.000873. The van der Waals surface area contributed by atoms with Crippen molar-refractivity contribution in [3.63, 3.8) is 0 Å². The molecule has 36 heteroatoms. The summed E-state index contributed by atoms with van der Waals surface area (Å²) in [6, 6.07) is 25.9. The van der Waals surface area contributed by atoms with Crippen molar-refractivity contribution in [2.24, 2.45) is 0 Å². The lowest BCUT2D eigenvalue weighted by molar-refractivity contribution is -0.155. The van der Waals surface area contributed by atoms with E-state index in [2.05, 4.69) is 60.8 Å². The molecular weight excluding hydrogens is 1410 g/mol. The van der Waals surface area contributed by atoms with Gasteiger partial charge in [0.05, 0.1) is 34.5 Å². The number of rotatable bonds is 14. The smallest absolute Gasteiger partial charge is 0.335 e. The van der Waals surface area contributed by atoms with Gasteiger partial charge in [-0.2, -0.15) is 0 Å². The molecule has 9 aromatic rings. The number of carbonyl (C=O) groups is 4. The number of aliphatic hydroxyl groups is 2. The van der Waals surface area contributed by atoms with Crippen molar-refractivity contribution in [1.29, 1.82) is 0 Å². The topological polar surface area (TPSA) is 367 Å². The fraction of sp³-hybridized carbons (Fsp3) is 0.304. The van der Waals surface area contributed by atoms with Gasteiger partial charge in [-0.1, -0.05) is 77.2 Å². The highest BCUT2D eigenvalue weighted by Crippen LogP contribution is 2.43. The monoisotopic (exact) mass is 1460 g/mol. The number of benzene rings is 3. The van der Waals surface area contributed by atoms with E-state index in [1.807, 2.05) is 34.7 Å². The third-order valence-corrected chi connectivity index (χ3v) is 15.6.